The number of hydrogen-bond acceptors (Lipinski definition) is 7. The van der Waals surface area contributed by atoms with Crippen LogP contribution in [0.5, 0.6) is 0 Å². The maximum Gasteiger partial charge on any atom is 0.230 e. The van der Waals surface area contributed by atoms with Gasteiger partial charge in [-0.2, -0.15) is 0 Å². The van der Waals surface area contributed by atoms with Crippen LogP contribution in [-0.4, -0.2) is 46.1 Å². The van der Waals surface area contributed by atoms with Crippen LogP contribution in [0.1, 0.15) is 18.5 Å². The summed E-state index contributed by atoms with van der Waals surface area (Å²) in [5.74, 6) is 0.306. The Morgan fingerprint density at radius 2 is 2.10 bits per heavy atom. The maximum atomic E-state index is 12.0. The molecule has 0 saturated carbocycles. The van der Waals surface area contributed by atoms with Crippen molar-refractivity contribution in [1.29, 1.82) is 0 Å². The van der Waals surface area contributed by atoms with Crippen molar-refractivity contribution in [2.45, 2.75) is 30.9 Å². The fourth-order valence-corrected chi connectivity index (χ4v) is 4.76. The predicted octanol–water partition coefficient (Wildman–Crippen LogP) is 3.96. The molecule has 1 aromatic carbocycles. The van der Waals surface area contributed by atoms with E-state index in [1.54, 1.807) is 11.3 Å². The van der Waals surface area contributed by atoms with Crippen molar-refractivity contribution in [1.82, 2.24) is 20.5 Å². The topological polar surface area (TPSA) is 77.0 Å². The molecule has 0 aliphatic carbocycles. The molecule has 29 heavy (non-hydrogen) atoms. The van der Waals surface area contributed by atoms with Gasteiger partial charge >= 0.3 is 0 Å². The van der Waals surface area contributed by atoms with Crippen LogP contribution in [0.25, 0.3) is 21.1 Å². The fourth-order valence-electron chi connectivity index (χ4n) is 3.08. The number of aryl methyl sites for hydroxylation is 1. The van der Waals surface area contributed by atoms with Gasteiger partial charge in [-0.1, -0.05) is 42.1 Å². The smallest absolute Gasteiger partial charge is 0.230 e. The van der Waals surface area contributed by atoms with Crippen molar-refractivity contribution in [3.8, 4) is 21.1 Å². The minimum atomic E-state index is -0.0119. The van der Waals surface area contributed by atoms with Crippen molar-refractivity contribution in [3.05, 3.63) is 48.2 Å². The van der Waals surface area contributed by atoms with Crippen LogP contribution < -0.4 is 5.32 Å². The summed E-state index contributed by atoms with van der Waals surface area (Å²) in [6, 6.07) is 14.0. The molecular formula is C21H22N4O2S2. The summed E-state index contributed by atoms with van der Waals surface area (Å²) in [6.45, 7) is 3.36. The standard InChI is InChI=1S/C21H22N4O2S2/c1-14-20(29-21(23-14)15-6-3-2-4-7-15)17-9-10-19(25-24-17)28-13-18(26)22-12-16-8-5-11-27-16/h2-4,6-7,9-10,16H,5,8,11-13H2,1H3,(H,22,26)/t16-/m0/s1. The van der Waals surface area contributed by atoms with Gasteiger partial charge in [0.2, 0.25) is 5.91 Å². The number of rotatable bonds is 7. The highest BCUT2D eigenvalue weighted by molar-refractivity contribution is 7.99. The van der Waals surface area contributed by atoms with Crippen LogP contribution in [0.2, 0.25) is 0 Å². The number of nitrogens with one attached hydrogen (secondary N) is 1. The number of carbonyl (C=O) groups is 1. The summed E-state index contributed by atoms with van der Waals surface area (Å²) in [7, 11) is 0. The maximum absolute atomic E-state index is 12.0. The van der Waals surface area contributed by atoms with E-state index in [2.05, 4.69) is 32.6 Å². The van der Waals surface area contributed by atoms with E-state index in [-0.39, 0.29) is 12.0 Å². The van der Waals surface area contributed by atoms with E-state index < -0.39 is 0 Å². The first kappa shape index (κ1) is 20.0. The third-order valence-corrected chi connectivity index (χ3v) is 6.74. The van der Waals surface area contributed by atoms with Crippen LogP contribution in [0.4, 0.5) is 0 Å². The number of aromatic nitrogens is 3. The number of thiazole rings is 1. The van der Waals surface area contributed by atoms with E-state index in [0.29, 0.717) is 12.3 Å². The molecule has 1 aliphatic rings. The van der Waals surface area contributed by atoms with E-state index in [9.17, 15) is 4.79 Å². The molecule has 6 nitrogen and oxygen atoms in total. The average Bonchev–Trinajstić information content (AvgIpc) is 3.41. The number of nitrogens with zero attached hydrogens (tertiary/aromatic N) is 3. The number of benzene rings is 1. The van der Waals surface area contributed by atoms with Gasteiger partial charge in [-0.3, -0.25) is 4.79 Å². The van der Waals surface area contributed by atoms with Gasteiger partial charge in [-0.05, 0) is 31.9 Å². The van der Waals surface area contributed by atoms with E-state index in [4.69, 9.17) is 4.74 Å². The molecule has 0 unspecified atom stereocenters. The highest BCUT2D eigenvalue weighted by Gasteiger charge is 2.16. The van der Waals surface area contributed by atoms with E-state index in [1.165, 1.54) is 11.8 Å². The van der Waals surface area contributed by atoms with E-state index >= 15 is 0 Å². The average molecular weight is 427 g/mol. The zero-order valence-corrected chi connectivity index (χ0v) is 17.8. The number of hydrogen-bond donors (Lipinski definition) is 1. The monoisotopic (exact) mass is 426 g/mol. The zero-order chi connectivity index (χ0) is 20.1. The van der Waals surface area contributed by atoms with Gasteiger partial charge in [0.1, 0.15) is 15.7 Å². The van der Waals surface area contributed by atoms with Gasteiger partial charge in [-0.25, -0.2) is 4.98 Å². The largest absolute Gasteiger partial charge is 0.376 e. The highest BCUT2D eigenvalue weighted by Crippen LogP contribution is 2.34. The number of ether oxygens (including phenoxy) is 1. The van der Waals surface area contributed by atoms with Gasteiger partial charge in [0, 0.05) is 18.7 Å². The molecule has 2 aromatic heterocycles. The molecule has 4 rings (SSSR count). The molecule has 8 heteroatoms. The normalized spacial score (nSPS) is 16.1. The molecule has 0 spiro atoms. The molecule has 0 radical (unpaired) electrons. The second-order valence-corrected chi connectivity index (χ2v) is 8.78. The van der Waals surface area contributed by atoms with Crippen LogP contribution >= 0.6 is 23.1 Å². The summed E-state index contributed by atoms with van der Waals surface area (Å²) in [5.41, 5.74) is 2.84. The van der Waals surface area contributed by atoms with Crippen LogP contribution in [0, 0.1) is 6.92 Å². The van der Waals surface area contributed by atoms with Crippen LogP contribution in [0.15, 0.2) is 47.5 Å². The molecular weight excluding hydrogens is 404 g/mol. The third kappa shape index (κ3) is 5.20. The Hall–Kier alpha value is -2.29. The van der Waals surface area contributed by atoms with Crippen molar-refractivity contribution in [2.24, 2.45) is 0 Å². The number of amides is 1. The second-order valence-electron chi connectivity index (χ2n) is 6.78. The predicted molar refractivity (Wildman–Crippen MR) is 116 cm³/mol. The van der Waals surface area contributed by atoms with Gasteiger partial charge in [0.15, 0.2) is 0 Å². The molecule has 150 valence electrons. The first-order valence-electron chi connectivity index (χ1n) is 9.57. The van der Waals surface area contributed by atoms with Crippen molar-refractivity contribution in [3.63, 3.8) is 0 Å². The SMILES string of the molecule is Cc1nc(-c2ccccc2)sc1-c1ccc(SCC(=O)NC[C@@H]2CCCO2)nn1. The van der Waals surface area contributed by atoms with Crippen molar-refractivity contribution in [2.75, 3.05) is 18.9 Å². The van der Waals surface area contributed by atoms with Gasteiger partial charge in [-0.15, -0.1) is 21.5 Å². The van der Waals surface area contributed by atoms with Gasteiger partial charge < -0.3 is 10.1 Å². The lowest BCUT2D eigenvalue weighted by Gasteiger charge is -2.10. The van der Waals surface area contributed by atoms with Gasteiger partial charge in [0.25, 0.3) is 0 Å². The molecule has 1 fully saturated rings. The van der Waals surface area contributed by atoms with Crippen molar-refractivity contribution >= 4 is 29.0 Å². The second kappa shape index (κ2) is 9.47. The third-order valence-electron chi connectivity index (χ3n) is 4.59. The quantitative estimate of drug-likeness (QED) is 0.576. The number of carbonyl (C=O) groups excluding carboxylic acids is 1. The lowest BCUT2D eigenvalue weighted by atomic mass is 10.2. The Morgan fingerprint density at radius 3 is 2.83 bits per heavy atom. The molecule has 0 bridgehead atoms. The summed E-state index contributed by atoms with van der Waals surface area (Å²) in [5, 5.41) is 13.2. The minimum absolute atomic E-state index is 0.0119. The molecule has 1 atom stereocenters. The van der Waals surface area contributed by atoms with Crippen molar-refractivity contribution < 1.29 is 9.53 Å². The Labute approximate surface area is 178 Å². The number of thioether (sulfide) groups is 1. The first-order chi connectivity index (χ1) is 14.2. The zero-order valence-electron chi connectivity index (χ0n) is 16.1. The molecule has 1 N–H and O–H groups in total. The summed E-state index contributed by atoms with van der Waals surface area (Å²) in [4.78, 5) is 17.7. The lowest BCUT2D eigenvalue weighted by molar-refractivity contribution is -0.119. The Balaban J connectivity index is 1.34. The summed E-state index contributed by atoms with van der Waals surface area (Å²) < 4.78 is 5.51. The molecule has 3 heterocycles. The van der Waals surface area contributed by atoms with Crippen LogP contribution in [-0.2, 0) is 9.53 Å². The molecule has 1 amide bonds. The van der Waals surface area contributed by atoms with Crippen LogP contribution in [0.3, 0.4) is 0 Å². The fraction of sp³-hybridized carbons (Fsp3) is 0.333. The summed E-state index contributed by atoms with van der Waals surface area (Å²) >= 11 is 2.99. The minimum Gasteiger partial charge on any atom is -0.376 e. The van der Waals surface area contributed by atoms with E-state index in [1.807, 2.05) is 37.3 Å². The summed E-state index contributed by atoms with van der Waals surface area (Å²) in [6.07, 6.45) is 2.25. The highest BCUT2D eigenvalue weighted by atomic mass is 32.2. The molecule has 3 aromatic rings. The molecule has 1 aliphatic heterocycles. The Bertz CT molecular complexity index is 955. The Kier molecular flexibility index (Phi) is 6.53. The lowest BCUT2D eigenvalue weighted by Crippen LogP contribution is -2.32. The first-order valence-corrected chi connectivity index (χ1v) is 11.4. The van der Waals surface area contributed by atoms with E-state index in [0.717, 1.165) is 51.3 Å². The van der Waals surface area contributed by atoms with Gasteiger partial charge in [0.05, 0.1) is 22.4 Å². The Morgan fingerprint density at radius 1 is 1.24 bits per heavy atom. The molecule has 1 saturated heterocycles.